The van der Waals surface area contributed by atoms with Crippen LogP contribution in [0.2, 0.25) is 0 Å². The number of hydrogen-bond acceptors (Lipinski definition) is 2. The first-order valence-electron chi connectivity index (χ1n) is 12.5. The van der Waals surface area contributed by atoms with Gasteiger partial charge in [-0.25, -0.2) is 0 Å². The molecule has 2 nitrogen and oxygen atoms in total. The number of carbonyl (C=O) groups is 1. The van der Waals surface area contributed by atoms with Gasteiger partial charge in [-0.3, -0.25) is 4.79 Å². The Bertz CT molecular complexity index is 634. The minimum absolute atomic E-state index is 0.232. The Hall–Kier alpha value is -0.240. The smallest absolute Gasteiger partial charge is 0.304 e. The molecule has 1 unspecified atom stereocenters. The summed E-state index contributed by atoms with van der Waals surface area (Å²) in [6.07, 6.45) is 13.9. The van der Waals surface area contributed by atoms with E-state index < -0.39 is 5.06 Å². The highest BCUT2D eigenvalue weighted by Crippen LogP contribution is 2.69. The van der Waals surface area contributed by atoms with Crippen molar-refractivity contribution in [3.8, 4) is 0 Å². The van der Waals surface area contributed by atoms with Crippen molar-refractivity contribution in [2.45, 2.75) is 110 Å². The van der Waals surface area contributed by atoms with E-state index in [2.05, 4.69) is 27.7 Å². The fourth-order valence-corrected chi connectivity index (χ4v) is 9.56. The third-order valence-electron chi connectivity index (χ3n) is 10.5. The molecule has 0 N–H and O–H groups in total. The van der Waals surface area contributed by atoms with Crippen molar-refractivity contribution >= 4 is 17.6 Å². The van der Waals surface area contributed by atoms with Crippen molar-refractivity contribution in [3.05, 3.63) is 0 Å². The van der Waals surface area contributed by atoms with Gasteiger partial charge in [-0.05, 0) is 91.3 Å². The van der Waals surface area contributed by atoms with Gasteiger partial charge in [-0.1, -0.05) is 52.1 Å². The number of halogens is 1. The molecule has 4 aliphatic rings. The molecular weight excluding hydrogens is 380 g/mol. The van der Waals surface area contributed by atoms with Crippen molar-refractivity contribution < 1.29 is 9.53 Å². The number of alkyl halides is 1. The van der Waals surface area contributed by atoms with Gasteiger partial charge in [0.1, 0.15) is 0 Å². The molecule has 0 heterocycles. The predicted molar refractivity (Wildman–Crippen MR) is 120 cm³/mol. The fraction of sp³-hybridized carbons (Fsp3) is 0.962. The van der Waals surface area contributed by atoms with Gasteiger partial charge in [0, 0.05) is 19.8 Å². The molecule has 0 aromatic rings. The van der Waals surface area contributed by atoms with Crippen LogP contribution in [0.5, 0.6) is 0 Å². The van der Waals surface area contributed by atoms with Crippen LogP contribution in [0, 0.1) is 46.3 Å². The Morgan fingerprint density at radius 3 is 2.45 bits per heavy atom. The Balaban J connectivity index is 1.52. The quantitative estimate of drug-likeness (QED) is 0.344. The lowest BCUT2D eigenvalue weighted by molar-refractivity contribution is -0.167. The normalized spacial score (nSPS) is 50.2. The number of hydrogen-bond donors (Lipinski definition) is 0. The predicted octanol–water partition coefficient (Wildman–Crippen LogP) is 7.58. The maximum absolute atomic E-state index is 11.6. The first-order valence-corrected chi connectivity index (χ1v) is 12.9. The number of rotatable bonds is 4. The van der Waals surface area contributed by atoms with Crippen LogP contribution in [0.25, 0.3) is 0 Å². The van der Waals surface area contributed by atoms with E-state index in [1.807, 2.05) is 0 Å². The summed E-state index contributed by atoms with van der Waals surface area (Å²) in [4.78, 5) is 11.6. The van der Waals surface area contributed by atoms with E-state index in [-0.39, 0.29) is 5.97 Å². The van der Waals surface area contributed by atoms with Gasteiger partial charge >= 0.3 is 5.97 Å². The summed E-state index contributed by atoms with van der Waals surface area (Å²) in [5, 5.41) is -0.750. The molecule has 4 aliphatic carbocycles. The molecule has 4 saturated carbocycles. The summed E-state index contributed by atoms with van der Waals surface area (Å²) in [6.45, 7) is 11.6. The SMILES string of the molecule is CCC[C@@H](C)[C@H]1CC[C@H]2[C@@H]3CCC4C[C@@](Cl)(OC(C)=O)CC[C@]4(C)[C@H]3CC[C@]12C. The molecule has 0 saturated heterocycles. The van der Waals surface area contributed by atoms with Crippen LogP contribution in [0.1, 0.15) is 105 Å². The molecule has 0 aromatic heterocycles. The van der Waals surface area contributed by atoms with Crippen molar-refractivity contribution in [1.29, 1.82) is 0 Å². The summed E-state index contributed by atoms with van der Waals surface area (Å²) in [6, 6.07) is 0. The molecule has 0 bridgehead atoms. The largest absolute Gasteiger partial charge is 0.443 e. The molecule has 0 aliphatic heterocycles. The lowest BCUT2D eigenvalue weighted by Crippen LogP contribution is -2.55. The maximum atomic E-state index is 11.6. The number of carbonyl (C=O) groups excluding carboxylic acids is 1. The highest BCUT2D eigenvalue weighted by atomic mass is 35.5. The van der Waals surface area contributed by atoms with Crippen LogP contribution in [0.3, 0.4) is 0 Å². The Morgan fingerprint density at radius 1 is 1.03 bits per heavy atom. The monoisotopic (exact) mass is 422 g/mol. The molecule has 0 aromatic carbocycles. The average molecular weight is 423 g/mol. The van der Waals surface area contributed by atoms with E-state index in [0.29, 0.717) is 16.7 Å². The Kier molecular flexibility index (Phi) is 5.85. The van der Waals surface area contributed by atoms with Crippen molar-refractivity contribution in [2.24, 2.45) is 46.3 Å². The third kappa shape index (κ3) is 3.58. The van der Waals surface area contributed by atoms with E-state index >= 15 is 0 Å². The van der Waals surface area contributed by atoms with Crippen molar-refractivity contribution in [2.75, 3.05) is 0 Å². The Morgan fingerprint density at radius 2 is 1.76 bits per heavy atom. The summed E-state index contributed by atoms with van der Waals surface area (Å²) in [7, 11) is 0. The second kappa shape index (κ2) is 7.72. The molecular formula is C26H43ClO2. The molecule has 9 atom stereocenters. The second-order valence-corrected chi connectivity index (χ2v) is 12.5. The lowest BCUT2D eigenvalue weighted by Gasteiger charge is -2.62. The van der Waals surface area contributed by atoms with Crippen LogP contribution in [0.15, 0.2) is 0 Å². The Labute approximate surface area is 183 Å². The summed E-state index contributed by atoms with van der Waals surface area (Å²) in [5.41, 5.74) is 0.956. The highest BCUT2D eigenvalue weighted by Gasteiger charge is 2.61. The molecule has 166 valence electrons. The summed E-state index contributed by atoms with van der Waals surface area (Å²) < 4.78 is 5.58. The maximum Gasteiger partial charge on any atom is 0.304 e. The molecule has 29 heavy (non-hydrogen) atoms. The molecule has 4 rings (SSSR count). The van der Waals surface area contributed by atoms with Gasteiger partial charge in [0.15, 0.2) is 5.06 Å². The minimum atomic E-state index is -0.750. The highest BCUT2D eigenvalue weighted by molar-refractivity contribution is 6.23. The van der Waals surface area contributed by atoms with Crippen molar-refractivity contribution in [1.82, 2.24) is 0 Å². The van der Waals surface area contributed by atoms with Crippen LogP contribution >= 0.6 is 11.6 Å². The number of fused-ring (bicyclic) bond motifs is 5. The van der Waals surface area contributed by atoms with Gasteiger partial charge < -0.3 is 4.74 Å². The average Bonchev–Trinajstić information content (AvgIpc) is 2.99. The minimum Gasteiger partial charge on any atom is -0.443 e. The van der Waals surface area contributed by atoms with Crippen LogP contribution < -0.4 is 0 Å². The van der Waals surface area contributed by atoms with Gasteiger partial charge in [-0.2, -0.15) is 0 Å². The first kappa shape index (κ1) is 22.0. The van der Waals surface area contributed by atoms with E-state index in [1.165, 1.54) is 58.3 Å². The zero-order valence-electron chi connectivity index (χ0n) is 19.4. The van der Waals surface area contributed by atoms with Gasteiger partial charge in [-0.15, -0.1) is 0 Å². The molecule has 0 amide bonds. The standard InChI is InChI=1S/C26H43ClO2/c1-6-7-17(2)21-10-11-22-20-9-8-19-16-26(27,29-18(3)28)15-14-24(19,4)23(20)12-13-25(21,22)5/h17,19-23H,6-16H2,1-5H3/t17-,19?,20+,21-,22+,23+,24+,25-,26+/m1/s1. The number of ether oxygens (including phenoxy) is 1. The summed E-state index contributed by atoms with van der Waals surface area (Å²) >= 11 is 6.78. The molecule has 0 radical (unpaired) electrons. The van der Waals surface area contributed by atoms with E-state index in [1.54, 1.807) is 0 Å². The molecule has 3 heteroatoms. The van der Waals surface area contributed by atoms with E-state index in [0.717, 1.165) is 48.9 Å². The first-order chi connectivity index (χ1) is 13.6. The van der Waals surface area contributed by atoms with Crippen LogP contribution in [0.4, 0.5) is 0 Å². The van der Waals surface area contributed by atoms with Gasteiger partial charge in [0.25, 0.3) is 0 Å². The lowest BCUT2D eigenvalue weighted by atomic mass is 9.44. The zero-order chi connectivity index (χ0) is 21.0. The van der Waals surface area contributed by atoms with Crippen LogP contribution in [-0.4, -0.2) is 11.0 Å². The molecule has 0 spiro atoms. The fourth-order valence-electron chi connectivity index (χ4n) is 9.17. The van der Waals surface area contributed by atoms with Crippen LogP contribution in [-0.2, 0) is 9.53 Å². The zero-order valence-corrected chi connectivity index (χ0v) is 20.2. The molecule has 4 fully saturated rings. The van der Waals surface area contributed by atoms with E-state index in [4.69, 9.17) is 16.3 Å². The number of esters is 1. The van der Waals surface area contributed by atoms with Gasteiger partial charge in [0.05, 0.1) is 0 Å². The van der Waals surface area contributed by atoms with Gasteiger partial charge in [0.2, 0.25) is 0 Å². The van der Waals surface area contributed by atoms with Crippen molar-refractivity contribution in [3.63, 3.8) is 0 Å². The van der Waals surface area contributed by atoms with E-state index in [9.17, 15) is 4.79 Å². The topological polar surface area (TPSA) is 26.3 Å². The summed E-state index contributed by atoms with van der Waals surface area (Å²) in [5.74, 6) is 4.88. The third-order valence-corrected chi connectivity index (χ3v) is 10.9. The second-order valence-electron chi connectivity index (χ2n) is 11.8.